The second-order valence-corrected chi connectivity index (χ2v) is 23.7. The first kappa shape index (κ1) is 63.4. The summed E-state index contributed by atoms with van der Waals surface area (Å²) in [6.07, 6.45) is 10.1. The number of para-hydroxylation sites is 1. The van der Waals surface area contributed by atoms with Crippen LogP contribution in [0.3, 0.4) is 0 Å². The molecule has 4 fully saturated rings. The standard InChI is InChI=1S/C62H90N6O15/c1-10-42(35-69)83-50(79-8)37-82-49(71)22-16-21-48(70)64-39(5)52(72)81-30-18-26-63-56(74)62(77)54-60(25-29-68-27-17-24-59(13-4,53(60)68)55(62)73)45(47(11-2)66(54)6)31-41(36-78-7)61(57(75)80-9)33-40-32-58(76,12-3)38-67(34-40)28-23-44-43-19-14-15-20-46(43)65-51(44)61/h11,14-15,17,19-20,24,31,36,39-40,42,50,53-55,65,69,73,76-77H,10,12-13,16,18,21-23,25-30,32-35,37-38H2,1-9H3,(H,63,74)(H,64,70)/b41-36-,45-31+,47-11+/t39-,40?,42?,50?,53?,54?,55-,58?,59-,60-,61+,62+/m1/s1. The van der Waals surface area contributed by atoms with E-state index in [0.717, 1.165) is 22.0 Å². The van der Waals surface area contributed by atoms with Gasteiger partial charge in [0.25, 0.3) is 5.91 Å². The van der Waals surface area contributed by atoms with Crippen LogP contribution in [0.25, 0.3) is 10.9 Å². The predicted molar refractivity (Wildman–Crippen MR) is 308 cm³/mol. The molecule has 3 saturated heterocycles. The van der Waals surface area contributed by atoms with Gasteiger partial charge < -0.3 is 69.4 Å². The first-order chi connectivity index (χ1) is 39.7. The lowest BCUT2D eigenvalue weighted by atomic mass is 9.47. The molecule has 2 amide bonds. The Kier molecular flexibility index (Phi) is 20.1. The number of carbonyl (C=O) groups excluding carboxylic acids is 5. The van der Waals surface area contributed by atoms with E-state index in [-0.39, 0.29) is 64.4 Å². The first-order valence-corrected chi connectivity index (χ1v) is 29.8. The Morgan fingerprint density at radius 3 is 2.43 bits per heavy atom. The van der Waals surface area contributed by atoms with Gasteiger partial charge in [0.15, 0.2) is 11.9 Å². The number of H-pyrrole nitrogens is 1. The largest absolute Gasteiger partial charge is 0.504 e. The molecule has 458 valence electrons. The summed E-state index contributed by atoms with van der Waals surface area (Å²) in [6.45, 7) is 11.6. The molecule has 1 spiro atoms. The molecular formula is C62H90N6O15. The molecule has 1 saturated carbocycles. The minimum absolute atomic E-state index is 0.0378. The van der Waals surface area contributed by atoms with E-state index >= 15 is 9.59 Å². The van der Waals surface area contributed by atoms with Gasteiger partial charge in [-0.2, -0.15) is 0 Å². The third-order valence-electron chi connectivity index (χ3n) is 19.0. The quantitative estimate of drug-likeness (QED) is 0.0197. The van der Waals surface area contributed by atoms with E-state index in [4.69, 9.17) is 28.4 Å². The highest BCUT2D eigenvalue weighted by atomic mass is 16.7. The number of nitrogens with one attached hydrogen (secondary N) is 3. The maximum atomic E-state index is 15.5. The fraction of sp³-hybridized carbons (Fsp3) is 0.661. The van der Waals surface area contributed by atoms with Gasteiger partial charge in [0.1, 0.15) is 24.2 Å². The van der Waals surface area contributed by atoms with Gasteiger partial charge in [0, 0.05) is 104 Å². The third-order valence-corrected chi connectivity index (χ3v) is 19.0. The molecule has 13 atom stereocenters. The summed E-state index contributed by atoms with van der Waals surface area (Å²) in [5.74, 6) is -3.21. The average Bonchev–Trinajstić information content (AvgIpc) is 1.57. The highest BCUT2D eigenvalue weighted by molar-refractivity contribution is 5.94. The van der Waals surface area contributed by atoms with E-state index in [0.29, 0.717) is 88.2 Å². The van der Waals surface area contributed by atoms with Crippen LogP contribution in [0, 0.1) is 16.7 Å². The minimum atomic E-state index is -2.43. The number of hydrogen-bond donors (Lipinski definition) is 7. The van der Waals surface area contributed by atoms with E-state index in [1.807, 2.05) is 82.1 Å². The number of aliphatic hydroxyl groups excluding tert-OH is 2. The Labute approximate surface area is 487 Å². The van der Waals surface area contributed by atoms with Gasteiger partial charge in [-0.15, -0.1) is 0 Å². The Bertz CT molecular complexity index is 2810. The number of aromatic amines is 1. The van der Waals surface area contributed by atoms with Crippen molar-refractivity contribution in [2.45, 2.75) is 158 Å². The summed E-state index contributed by atoms with van der Waals surface area (Å²) < 4.78 is 33.5. The van der Waals surface area contributed by atoms with Gasteiger partial charge in [-0.05, 0) is 107 Å². The Balaban J connectivity index is 1.05. The first-order valence-electron chi connectivity index (χ1n) is 29.8. The molecular weight excluding hydrogens is 1070 g/mol. The van der Waals surface area contributed by atoms with Gasteiger partial charge in [-0.1, -0.05) is 57.2 Å². The van der Waals surface area contributed by atoms with E-state index in [9.17, 15) is 34.8 Å². The molecule has 0 radical (unpaired) electrons. The average molecular weight is 1160 g/mol. The van der Waals surface area contributed by atoms with E-state index in [1.54, 1.807) is 13.4 Å². The minimum Gasteiger partial charge on any atom is -0.504 e. The van der Waals surface area contributed by atoms with E-state index < -0.39 is 93.8 Å². The van der Waals surface area contributed by atoms with Crippen LogP contribution in [0.5, 0.6) is 0 Å². The molecule has 8 rings (SSSR count). The number of hydrogen-bond acceptors (Lipinski definition) is 18. The maximum absolute atomic E-state index is 15.5. The number of likely N-dealkylation sites (tertiary alicyclic amines) is 1. The monoisotopic (exact) mass is 1160 g/mol. The Morgan fingerprint density at radius 2 is 1.75 bits per heavy atom. The van der Waals surface area contributed by atoms with E-state index in [2.05, 4.69) is 31.5 Å². The molecule has 21 nitrogen and oxygen atoms in total. The molecule has 21 heteroatoms. The molecule has 5 aliphatic heterocycles. The molecule has 1 aliphatic carbocycles. The Morgan fingerprint density at radius 1 is 0.976 bits per heavy atom. The summed E-state index contributed by atoms with van der Waals surface area (Å²) >= 11 is 0. The van der Waals surface area contributed by atoms with Crippen molar-refractivity contribution in [3.63, 3.8) is 0 Å². The normalized spacial score (nSPS) is 32.3. The van der Waals surface area contributed by atoms with Gasteiger partial charge in [-0.3, -0.25) is 29.0 Å². The molecule has 6 heterocycles. The van der Waals surface area contributed by atoms with Crippen molar-refractivity contribution in [3.05, 3.63) is 82.9 Å². The molecule has 6 aliphatic rings. The summed E-state index contributed by atoms with van der Waals surface area (Å²) in [7, 11) is 6.19. The zero-order valence-corrected chi connectivity index (χ0v) is 50.0. The summed E-state index contributed by atoms with van der Waals surface area (Å²) in [5, 5.41) is 54.6. The summed E-state index contributed by atoms with van der Waals surface area (Å²) in [4.78, 5) is 79.2. The van der Waals surface area contributed by atoms with Gasteiger partial charge in [0.2, 0.25) is 5.91 Å². The Hall–Kier alpha value is -5.65. The summed E-state index contributed by atoms with van der Waals surface area (Å²) in [5.41, 5.74) is -2.58. The van der Waals surface area contributed by atoms with Crippen molar-refractivity contribution in [1.82, 2.24) is 30.3 Å². The second-order valence-electron chi connectivity index (χ2n) is 23.7. The number of fused-ring (bicyclic) bond motifs is 5. The number of esters is 3. The molecule has 2 bridgehead atoms. The van der Waals surface area contributed by atoms with Crippen LogP contribution >= 0.6 is 0 Å². The molecule has 1 aromatic heterocycles. The zero-order valence-electron chi connectivity index (χ0n) is 50.0. The number of methoxy groups -OCH3 is 3. The highest BCUT2D eigenvalue weighted by Crippen LogP contribution is 2.69. The number of carbonyl (C=O) groups is 5. The lowest BCUT2D eigenvalue weighted by Crippen LogP contribution is -2.80. The van der Waals surface area contributed by atoms with Gasteiger partial charge in [0.05, 0.1) is 51.4 Å². The summed E-state index contributed by atoms with van der Waals surface area (Å²) in [6, 6.07) is 5.57. The highest BCUT2D eigenvalue weighted by Gasteiger charge is 2.79. The van der Waals surface area contributed by atoms with Gasteiger partial charge >= 0.3 is 17.9 Å². The maximum Gasteiger partial charge on any atom is 0.328 e. The molecule has 83 heavy (non-hydrogen) atoms. The molecule has 2 aromatic rings. The van der Waals surface area contributed by atoms with Crippen LogP contribution in [0.4, 0.5) is 0 Å². The van der Waals surface area contributed by atoms with Crippen molar-refractivity contribution < 1.29 is 72.8 Å². The number of aliphatic hydroxyl groups is 4. The number of benzene rings is 1. The SMILES string of the molecule is C\C=C1/C(=C\C(=C\OC)[C@@]2(C(=O)OC)CC3C[N@](CCc4c2[nH]c2ccccc42)CC(O)(CC)C3)[C@]23CCN4CC=C[C@](CC)(C42)[C@@H](O)[C@](O)(C(=O)NCCCOC(=O)[C@@H](C)NC(=O)CCCC(=O)OCC(OC)OC(CC)CO)C3N1C. The van der Waals surface area contributed by atoms with Crippen LogP contribution in [0.1, 0.15) is 110 Å². The number of ether oxygens (including phenoxy) is 6. The number of nitrogens with zero attached hydrogens (tertiary/aromatic N) is 3. The lowest BCUT2D eigenvalue weighted by molar-refractivity contribution is -0.222. The second kappa shape index (κ2) is 26.3. The van der Waals surface area contributed by atoms with Crippen molar-refractivity contribution in [3.8, 4) is 0 Å². The van der Waals surface area contributed by atoms with Crippen molar-refractivity contribution in [1.29, 1.82) is 0 Å². The van der Waals surface area contributed by atoms with Crippen LogP contribution in [0.2, 0.25) is 0 Å². The van der Waals surface area contributed by atoms with Crippen molar-refractivity contribution >= 4 is 40.6 Å². The van der Waals surface area contributed by atoms with Crippen LogP contribution in [-0.2, 0) is 64.2 Å². The predicted octanol–water partition coefficient (Wildman–Crippen LogP) is 3.82. The molecule has 1 aromatic carbocycles. The zero-order chi connectivity index (χ0) is 60.1. The smallest absolute Gasteiger partial charge is 0.328 e. The lowest BCUT2D eigenvalue weighted by Gasteiger charge is -2.63. The van der Waals surface area contributed by atoms with Gasteiger partial charge in [-0.25, -0.2) is 4.79 Å². The van der Waals surface area contributed by atoms with Crippen LogP contribution < -0.4 is 10.6 Å². The van der Waals surface area contributed by atoms with Crippen LogP contribution in [-0.4, -0.2) is 205 Å². The number of allylic oxidation sites excluding steroid dienone is 3. The third kappa shape index (κ3) is 11.6. The number of piperidine rings is 1. The topological polar surface area (TPSA) is 271 Å². The van der Waals surface area contributed by atoms with Crippen LogP contribution in [0.15, 0.2) is 71.7 Å². The number of likely N-dealkylation sites (N-methyl/N-ethyl adjacent to an activating group) is 1. The van der Waals surface area contributed by atoms with Crippen molar-refractivity contribution in [2.24, 2.45) is 16.7 Å². The van der Waals surface area contributed by atoms with E-state index in [1.165, 1.54) is 21.1 Å². The number of aromatic nitrogens is 1. The fourth-order valence-corrected chi connectivity index (χ4v) is 15.2. The number of rotatable bonds is 24. The molecule has 6 unspecified atom stereocenters. The number of amides is 2. The molecule has 7 N–H and O–H groups in total. The van der Waals surface area contributed by atoms with Crippen molar-refractivity contribution in [2.75, 3.05) is 87.5 Å². The fourth-order valence-electron chi connectivity index (χ4n) is 15.2.